The van der Waals surface area contributed by atoms with Crippen LogP contribution in [-0.4, -0.2) is 35.5 Å². The maximum Gasteiger partial charge on any atom is 0.265 e. The third-order valence-electron chi connectivity index (χ3n) is 1.94. The molecule has 0 saturated carbocycles. The van der Waals surface area contributed by atoms with Crippen molar-refractivity contribution in [1.82, 2.24) is 0 Å². The van der Waals surface area contributed by atoms with E-state index in [9.17, 15) is 16.8 Å². The van der Waals surface area contributed by atoms with E-state index >= 15 is 0 Å². The van der Waals surface area contributed by atoms with Crippen molar-refractivity contribution in [2.45, 2.75) is 4.90 Å². The molecule has 0 unspecified atom stereocenters. The fraction of sp³-hybridized carbons (Fsp3) is 0.333. The van der Waals surface area contributed by atoms with Gasteiger partial charge >= 0.3 is 0 Å². The summed E-state index contributed by atoms with van der Waals surface area (Å²) in [6.45, 7) is -0.223. The Morgan fingerprint density at radius 2 is 1.84 bits per heavy atom. The summed E-state index contributed by atoms with van der Waals surface area (Å²) in [4.78, 5) is -0.318. The summed E-state index contributed by atoms with van der Waals surface area (Å²) in [5.74, 6) is -0.426. The van der Waals surface area contributed by atoms with E-state index in [1.54, 1.807) is 0 Å². The minimum atomic E-state index is -4.06. The molecule has 0 aliphatic heterocycles. The van der Waals surface area contributed by atoms with Crippen molar-refractivity contribution in [3.8, 4) is 5.75 Å². The highest BCUT2D eigenvalue weighted by atomic mass is 79.9. The zero-order chi connectivity index (χ0) is 14.8. The summed E-state index contributed by atoms with van der Waals surface area (Å²) in [7, 11) is -2.01. The molecule has 0 aliphatic carbocycles. The number of hydrogen-bond acceptors (Lipinski definition) is 5. The van der Waals surface area contributed by atoms with E-state index in [-0.39, 0.29) is 28.0 Å². The van der Waals surface area contributed by atoms with Gasteiger partial charge in [-0.15, -0.1) is 0 Å². The van der Waals surface area contributed by atoms with Crippen LogP contribution in [0.15, 0.2) is 21.5 Å². The van der Waals surface area contributed by atoms with Gasteiger partial charge in [-0.25, -0.2) is 16.8 Å². The van der Waals surface area contributed by atoms with E-state index in [2.05, 4.69) is 15.9 Å². The van der Waals surface area contributed by atoms with Crippen LogP contribution in [0.3, 0.4) is 0 Å². The van der Waals surface area contributed by atoms with Gasteiger partial charge in [-0.3, -0.25) is 0 Å². The Labute approximate surface area is 129 Å². The van der Waals surface area contributed by atoms with Crippen molar-refractivity contribution in [3.63, 3.8) is 0 Å². The highest BCUT2D eigenvalue weighted by Gasteiger charge is 2.21. The largest absolute Gasteiger partial charge is 0.490 e. The van der Waals surface area contributed by atoms with E-state index in [1.807, 2.05) is 0 Å². The molecule has 108 valence electrons. The summed E-state index contributed by atoms with van der Waals surface area (Å²) in [5, 5.41) is 0.0158. The second-order valence-electron chi connectivity index (χ2n) is 3.63. The first-order chi connectivity index (χ1) is 8.50. The van der Waals surface area contributed by atoms with E-state index in [1.165, 1.54) is 12.1 Å². The number of ether oxygens (including phenoxy) is 1. The van der Waals surface area contributed by atoms with Gasteiger partial charge in [0.25, 0.3) is 9.05 Å². The van der Waals surface area contributed by atoms with Crippen molar-refractivity contribution < 1.29 is 21.6 Å². The summed E-state index contributed by atoms with van der Waals surface area (Å²) < 4.78 is 50.3. The number of hydrogen-bond donors (Lipinski definition) is 0. The van der Waals surface area contributed by atoms with Crippen molar-refractivity contribution in [2.75, 3.05) is 18.6 Å². The lowest BCUT2D eigenvalue weighted by Crippen LogP contribution is -2.13. The molecule has 1 aromatic rings. The predicted molar refractivity (Wildman–Crippen MR) is 77.4 cm³/mol. The maximum atomic E-state index is 11.4. The van der Waals surface area contributed by atoms with E-state index in [4.69, 9.17) is 27.0 Å². The minimum Gasteiger partial charge on any atom is -0.490 e. The zero-order valence-corrected chi connectivity index (χ0v) is 14.3. The molecule has 0 aliphatic rings. The molecule has 0 saturated heterocycles. The number of halogens is 3. The molecule has 0 bridgehead atoms. The second kappa shape index (κ2) is 6.17. The van der Waals surface area contributed by atoms with Crippen LogP contribution >= 0.6 is 38.2 Å². The molecule has 19 heavy (non-hydrogen) atoms. The molecule has 0 spiro atoms. The highest BCUT2D eigenvalue weighted by molar-refractivity contribution is 9.10. The summed E-state index contributed by atoms with van der Waals surface area (Å²) in [6, 6.07) is 2.65. The molecule has 0 radical (unpaired) electrons. The van der Waals surface area contributed by atoms with Gasteiger partial charge in [-0.2, -0.15) is 0 Å². The number of rotatable bonds is 5. The molecule has 0 atom stereocenters. The van der Waals surface area contributed by atoms with Gasteiger partial charge in [-0.1, -0.05) is 27.5 Å². The quantitative estimate of drug-likeness (QED) is 0.695. The Hall–Kier alpha value is -0.0200. The average Bonchev–Trinajstić information content (AvgIpc) is 2.17. The van der Waals surface area contributed by atoms with Gasteiger partial charge in [-0.05, 0) is 12.1 Å². The lowest BCUT2D eigenvalue weighted by atomic mass is 10.3. The van der Waals surface area contributed by atoms with Gasteiger partial charge in [0.1, 0.15) is 11.5 Å². The Morgan fingerprint density at radius 1 is 1.26 bits per heavy atom. The first-order valence-electron chi connectivity index (χ1n) is 4.75. The lowest BCUT2D eigenvalue weighted by molar-refractivity contribution is 0.332. The highest BCUT2D eigenvalue weighted by Crippen LogP contribution is 2.37. The third-order valence-corrected chi connectivity index (χ3v) is 4.91. The normalized spacial score (nSPS) is 12.4. The van der Waals surface area contributed by atoms with Gasteiger partial charge in [0.05, 0.1) is 10.8 Å². The molecule has 0 heterocycles. The van der Waals surface area contributed by atoms with Crippen molar-refractivity contribution in [1.29, 1.82) is 0 Å². The Balaban J connectivity index is 3.13. The van der Waals surface area contributed by atoms with Crippen LogP contribution in [0.5, 0.6) is 5.75 Å². The molecule has 1 rings (SSSR count). The molecule has 0 aromatic heterocycles. The van der Waals surface area contributed by atoms with Crippen LogP contribution < -0.4 is 4.74 Å². The standard InChI is InChI=1S/C9H9BrCl2O5S2/c1-18(13,14)3-2-17-9-7(11)4-6(10)5-8(9)19(12,15)16/h4-5H,2-3H2,1H3. The smallest absolute Gasteiger partial charge is 0.265 e. The molecule has 0 fully saturated rings. The van der Waals surface area contributed by atoms with Crippen LogP contribution in [0.4, 0.5) is 0 Å². The third kappa shape index (κ3) is 5.47. The Bertz CT molecular complexity index is 685. The topological polar surface area (TPSA) is 77.5 Å². The summed E-state index contributed by atoms with van der Waals surface area (Å²) in [6.07, 6.45) is 1.04. The zero-order valence-electron chi connectivity index (χ0n) is 9.56. The van der Waals surface area contributed by atoms with E-state index in [0.717, 1.165) is 6.26 Å². The minimum absolute atomic E-state index is 0.0158. The molecular weight excluding hydrogens is 403 g/mol. The molecule has 10 heteroatoms. The Morgan fingerprint density at radius 3 is 2.32 bits per heavy atom. The van der Waals surface area contributed by atoms with E-state index in [0.29, 0.717) is 4.47 Å². The monoisotopic (exact) mass is 410 g/mol. The maximum absolute atomic E-state index is 11.4. The SMILES string of the molecule is CS(=O)(=O)CCOc1c(Cl)cc(Br)cc1S(=O)(=O)Cl. The summed E-state index contributed by atoms with van der Waals surface area (Å²) in [5.41, 5.74) is 0. The molecule has 1 aromatic carbocycles. The van der Waals surface area contributed by atoms with E-state index < -0.39 is 18.9 Å². The van der Waals surface area contributed by atoms with Crippen LogP contribution in [0.2, 0.25) is 5.02 Å². The van der Waals surface area contributed by atoms with Crippen LogP contribution in [0, 0.1) is 0 Å². The van der Waals surface area contributed by atoms with Crippen LogP contribution in [0.25, 0.3) is 0 Å². The summed E-state index contributed by atoms with van der Waals surface area (Å²) >= 11 is 8.94. The number of sulfone groups is 1. The fourth-order valence-corrected chi connectivity index (χ4v) is 3.61. The first kappa shape index (κ1) is 17.0. The van der Waals surface area contributed by atoms with Gasteiger partial charge < -0.3 is 4.74 Å². The fourth-order valence-electron chi connectivity index (χ4n) is 1.15. The average molecular weight is 412 g/mol. The lowest BCUT2D eigenvalue weighted by Gasteiger charge is -2.11. The molecule has 0 amide bonds. The first-order valence-corrected chi connectivity index (χ1v) is 10.3. The second-order valence-corrected chi connectivity index (χ2v) is 9.75. The molecular formula is C9H9BrCl2O5S2. The van der Waals surface area contributed by atoms with Gasteiger partial charge in [0.2, 0.25) is 0 Å². The van der Waals surface area contributed by atoms with Crippen molar-refractivity contribution >= 4 is 57.1 Å². The van der Waals surface area contributed by atoms with Crippen molar-refractivity contribution in [2.24, 2.45) is 0 Å². The predicted octanol–water partition coefficient (Wildman–Crippen LogP) is 2.45. The van der Waals surface area contributed by atoms with Gasteiger partial charge in [0.15, 0.2) is 15.6 Å². The van der Waals surface area contributed by atoms with Crippen LogP contribution in [0.1, 0.15) is 0 Å². The van der Waals surface area contributed by atoms with Crippen LogP contribution in [-0.2, 0) is 18.9 Å². The molecule has 5 nitrogen and oxygen atoms in total. The van der Waals surface area contributed by atoms with Crippen molar-refractivity contribution in [3.05, 3.63) is 21.6 Å². The Kier molecular flexibility index (Phi) is 5.53. The van der Waals surface area contributed by atoms with Gasteiger partial charge in [0, 0.05) is 21.4 Å². The number of benzene rings is 1. The molecule has 0 N–H and O–H groups in total.